The first-order valence-electron chi connectivity index (χ1n) is 11.3. The molecule has 2 heterocycles. The minimum Gasteiger partial charge on any atom is -0.497 e. The van der Waals surface area contributed by atoms with Crippen molar-refractivity contribution in [3.8, 4) is 5.75 Å². The van der Waals surface area contributed by atoms with Crippen molar-refractivity contribution in [2.45, 2.75) is 70.4 Å². The lowest BCUT2D eigenvalue weighted by Crippen LogP contribution is -2.54. The number of nitrogens with zero attached hydrogens (tertiary/aromatic N) is 1. The Morgan fingerprint density at radius 3 is 2.77 bits per heavy atom. The quantitative estimate of drug-likeness (QED) is 0.718. The Kier molecular flexibility index (Phi) is 7.06. The Balaban J connectivity index is 1.86. The Bertz CT molecular complexity index is 781. The molecule has 166 valence electrons. The molecule has 1 aromatic rings. The summed E-state index contributed by atoms with van der Waals surface area (Å²) in [6.45, 7) is 8.48. The maximum atomic E-state index is 12.5. The maximum absolute atomic E-state index is 12.5. The number of ether oxygens (including phenoxy) is 1. The Hall–Kier alpha value is -2.08. The van der Waals surface area contributed by atoms with Gasteiger partial charge in [-0.1, -0.05) is 19.9 Å². The zero-order valence-corrected chi connectivity index (χ0v) is 19.1. The third kappa shape index (κ3) is 4.34. The van der Waals surface area contributed by atoms with E-state index in [2.05, 4.69) is 55.5 Å². The van der Waals surface area contributed by atoms with Crippen LogP contribution in [-0.2, 0) is 21.4 Å². The number of carbonyl (C=O) groups excluding carboxylic acids is 2. The lowest BCUT2D eigenvalue weighted by molar-refractivity contribution is -0.125. The molecule has 4 atom stereocenters. The lowest BCUT2D eigenvalue weighted by Gasteiger charge is -2.51. The van der Waals surface area contributed by atoms with E-state index in [9.17, 15) is 9.59 Å². The average molecular weight is 416 g/mol. The van der Waals surface area contributed by atoms with Gasteiger partial charge in [-0.3, -0.25) is 9.59 Å². The van der Waals surface area contributed by atoms with Gasteiger partial charge in [-0.25, -0.2) is 0 Å². The van der Waals surface area contributed by atoms with E-state index >= 15 is 0 Å². The van der Waals surface area contributed by atoms with Crippen LogP contribution in [0.25, 0.3) is 0 Å². The third-order valence-corrected chi connectivity index (χ3v) is 7.62. The molecule has 0 bridgehead atoms. The fraction of sp³-hybridized carbons (Fsp3) is 0.667. The van der Waals surface area contributed by atoms with Crippen LogP contribution in [0.4, 0.5) is 0 Å². The van der Waals surface area contributed by atoms with Gasteiger partial charge in [0.15, 0.2) is 0 Å². The summed E-state index contributed by atoms with van der Waals surface area (Å²) in [5.74, 6) is 1.22. The number of aryl methyl sites for hydroxylation is 1. The van der Waals surface area contributed by atoms with Gasteiger partial charge in [-0.15, -0.1) is 0 Å². The number of nitrogens with one attached hydrogen (secondary N) is 2. The highest BCUT2D eigenvalue weighted by molar-refractivity contribution is 5.90. The summed E-state index contributed by atoms with van der Waals surface area (Å²) in [5, 5.41) is 5.87. The van der Waals surface area contributed by atoms with E-state index in [1.807, 2.05) is 6.07 Å². The van der Waals surface area contributed by atoms with Gasteiger partial charge in [0.05, 0.1) is 7.11 Å². The van der Waals surface area contributed by atoms with Crippen LogP contribution in [0.5, 0.6) is 5.75 Å². The first kappa shape index (κ1) is 22.6. The SMILES string of the molecule is CCc1ccc(OC)cc1[C@@]1(CCNC(=O)C2CCC(=O)N2)CCN(C)C(C)[C@@H]1C. The number of rotatable bonds is 7. The molecule has 1 aromatic carbocycles. The molecule has 0 aliphatic carbocycles. The second-order valence-corrected chi connectivity index (χ2v) is 8.99. The number of hydrogen-bond donors (Lipinski definition) is 2. The van der Waals surface area contributed by atoms with Crippen LogP contribution in [0.15, 0.2) is 18.2 Å². The molecular formula is C24H37N3O3. The van der Waals surface area contributed by atoms with Crippen LogP contribution >= 0.6 is 0 Å². The number of piperidine rings is 1. The highest BCUT2D eigenvalue weighted by Gasteiger charge is 2.45. The largest absolute Gasteiger partial charge is 0.497 e. The van der Waals surface area contributed by atoms with Crippen molar-refractivity contribution in [3.63, 3.8) is 0 Å². The molecule has 0 radical (unpaired) electrons. The Morgan fingerprint density at radius 2 is 2.13 bits per heavy atom. The summed E-state index contributed by atoms with van der Waals surface area (Å²) in [6, 6.07) is 6.51. The second-order valence-electron chi connectivity index (χ2n) is 8.99. The van der Waals surface area contributed by atoms with Gasteiger partial charge in [0, 0.05) is 24.4 Å². The first-order valence-corrected chi connectivity index (χ1v) is 11.3. The standard InChI is InChI=1S/C24H37N3O3/c1-6-18-7-8-19(30-5)15-20(18)24(12-14-27(4)17(3)16(24)2)11-13-25-23(29)21-9-10-22(28)26-21/h7-8,15-17,21H,6,9-14H2,1-5H3,(H,25,29)(H,26,28)/t16-,17?,21?,24-/m0/s1. The predicted molar refractivity (Wildman–Crippen MR) is 119 cm³/mol. The molecule has 0 saturated carbocycles. The van der Waals surface area contributed by atoms with E-state index in [1.54, 1.807) is 7.11 Å². The van der Waals surface area contributed by atoms with Gasteiger partial charge >= 0.3 is 0 Å². The lowest BCUT2D eigenvalue weighted by atomic mass is 9.61. The topological polar surface area (TPSA) is 70.7 Å². The Labute approximate surface area is 180 Å². The van der Waals surface area contributed by atoms with Crippen LogP contribution < -0.4 is 15.4 Å². The number of carbonyl (C=O) groups is 2. The molecule has 2 amide bonds. The van der Waals surface area contributed by atoms with Crippen molar-refractivity contribution >= 4 is 11.8 Å². The second kappa shape index (κ2) is 9.38. The number of hydrogen-bond acceptors (Lipinski definition) is 4. The number of methoxy groups -OCH3 is 1. The van der Waals surface area contributed by atoms with Crippen LogP contribution in [0, 0.1) is 5.92 Å². The number of likely N-dealkylation sites (tertiary alicyclic amines) is 1. The zero-order chi connectivity index (χ0) is 21.9. The first-order chi connectivity index (χ1) is 14.3. The van der Waals surface area contributed by atoms with Crippen LogP contribution in [0.3, 0.4) is 0 Å². The molecule has 2 unspecified atom stereocenters. The maximum Gasteiger partial charge on any atom is 0.242 e. The van der Waals surface area contributed by atoms with Crippen molar-refractivity contribution < 1.29 is 14.3 Å². The molecule has 6 nitrogen and oxygen atoms in total. The van der Waals surface area contributed by atoms with E-state index in [0.29, 0.717) is 31.3 Å². The molecule has 2 aliphatic heterocycles. The van der Waals surface area contributed by atoms with Gasteiger partial charge in [0.2, 0.25) is 11.8 Å². The number of amides is 2. The molecule has 0 aromatic heterocycles. The van der Waals surface area contributed by atoms with Crippen molar-refractivity contribution in [1.29, 1.82) is 0 Å². The summed E-state index contributed by atoms with van der Waals surface area (Å²) in [6.07, 6.45) is 3.92. The minimum atomic E-state index is -0.384. The van der Waals surface area contributed by atoms with E-state index in [1.165, 1.54) is 11.1 Å². The fourth-order valence-corrected chi connectivity index (χ4v) is 5.31. The van der Waals surface area contributed by atoms with Gasteiger partial charge in [-0.05, 0) is 75.4 Å². The minimum absolute atomic E-state index is 0.0297. The Morgan fingerprint density at radius 1 is 1.37 bits per heavy atom. The smallest absolute Gasteiger partial charge is 0.242 e. The van der Waals surface area contributed by atoms with E-state index in [4.69, 9.17) is 4.74 Å². The predicted octanol–water partition coefficient (Wildman–Crippen LogP) is 2.64. The van der Waals surface area contributed by atoms with Gasteiger partial charge in [0.1, 0.15) is 11.8 Å². The van der Waals surface area contributed by atoms with Crippen molar-refractivity contribution in [1.82, 2.24) is 15.5 Å². The number of benzene rings is 1. The highest BCUT2D eigenvalue weighted by Crippen LogP contribution is 2.47. The van der Waals surface area contributed by atoms with Gasteiger partial charge in [0.25, 0.3) is 0 Å². The van der Waals surface area contributed by atoms with Crippen molar-refractivity contribution in [3.05, 3.63) is 29.3 Å². The van der Waals surface area contributed by atoms with Crippen LogP contribution in [0.2, 0.25) is 0 Å². The molecule has 2 N–H and O–H groups in total. The summed E-state index contributed by atoms with van der Waals surface area (Å²) < 4.78 is 5.57. The molecular weight excluding hydrogens is 378 g/mol. The van der Waals surface area contributed by atoms with E-state index < -0.39 is 0 Å². The normalized spacial score (nSPS) is 29.5. The van der Waals surface area contributed by atoms with Crippen molar-refractivity contribution in [2.75, 3.05) is 27.2 Å². The third-order valence-electron chi connectivity index (χ3n) is 7.62. The summed E-state index contributed by atoms with van der Waals surface area (Å²) in [7, 11) is 3.91. The monoisotopic (exact) mass is 415 g/mol. The molecule has 2 fully saturated rings. The van der Waals surface area contributed by atoms with Crippen molar-refractivity contribution in [2.24, 2.45) is 5.92 Å². The highest BCUT2D eigenvalue weighted by atomic mass is 16.5. The zero-order valence-electron chi connectivity index (χ0n) is 19.1. The molecule has 0 spiro atoms. The van der Waals surface area contributed by atoms with E-state index in [-0.39, 0.29) is 23.3 Å². The van der Waals surface area contributed by atoms with Crippen LogP contribution in [-0.4, -0.2) is 56.0 Å². The summed E-state index contributed by atoms with van der Waals surface area (Å²) >= 11 is 0. The van der Waals surface area contributed by atoms with Gasteiger partial charge < -0.3 is 20.3 Å². The summed E-state index contributed by atoms with van der Waals surface area (Å²) in [5.41, 5.74) is 2.69. The average Bonchev–Trinajstić information content (AvgIpc) is 3.19. The molecule has 6 heteroatoms. The molecule has 2 aliphatic rings. The molecule has 30 heavy (non-hydrogen) atoms. The fourth-order valence-electron chi connectivity index (χ4n) is 5.31. The van der Waals surface area contributed by atoms with Gasteiger partial charge in [-0.2, -0.15) is 0 Å². The van der Waals surface area contributed by atoms with E-state index in [0.717, 1.165) is 31.6 Å². The molecule has 3 rings (SSSR count). The summed E-state index contributed by atoms with van der Waals surface area (Å²) in [4.78, 5) is 26.4. The van der Waals surface area contributed by atoms with Crippen LogP contribution in [0.1, 0.15) is 57.6 Å². The molecule has 2 saturated heterocycles.